The van der Waals surface area contributed by atoms with Crippen molar-refractivity contribution >= 4 is 11.7 Å². The van der Waals surface area contributed by atoms with Gasteiger partial charge in [-0.25, -0.2) is 4.79 Å². The second-order valence-corrected chi connectivity index (χ2v) is 5.59. The van der Waals surface area contributed by atoms with Gasteiger partial charge in [0.25, 0.3) is 0 Å². The molecule has 0 saturated heterocycles. The van der Waals surface area contributed by atoms with Crippen LogP contribution in [0.15, 0.2) is 48.5 Å². The SMILES string of the molecule is COc1ccc(NC(=O)N[C@@H](C)CCc2ccccc2)c(OC)c1. The Morgan fingerprint density at radius 1 is 1.08 bits per heavy atom. The molecule has 0 aliphatic carbocycles. The molecule has 0 fully saturated rings. The van der Waals surface area contributed by atoms with Gasteiger partial charge in [0.2, 0.25) is 0 Å². The molecule has 0 saturated carbocycles. The lowest BCUT2D eigenvalue weighted by Crippen LogP contribution is -2.36. The summed E-state index contributed by atoms with van der Waals surface area (Å²) in [6.45, 7) is 1.99. The molecule has 128 valence electrons. The molecule has 1 atom stereocenters. The molecule has 5 heteroatoms. The summed E-state index contributed by atoms with van der Waals surface area (Å²) in [6.07, 6.45) is 1.80. The lowest BCUT2D eigenvalue weighted by Gasteiger charge is -2.16. The number of rotatable bonds is 7. The highest BCUT2D eigenvalue weighted by Crippen LogP contribution is 2.28. The number of hydrogen-bond donors (Lipinski definition) is 2. The normalized spacial score (nSPS) is 11.5. The number of carbonyl (C=O) groups is 1. The van der Waals surface area contributed by atoms with Gasteiger partial charge in [-0.15, -0.1) is 0 Å². The molecular weight excluding hydrogens is 304 g/mol. The molecule has 2 N–H and O–H groups in total. The van der Waals surface area contributed by atoms with E-state index in [1.807, 2.05) is 25.1 Å². The van der Waals surface area contributed by atoms with Crippen molar-refractivity contribution in [2.24, 2.45) is 0 Å². The highest BCUT2D eigenvalue weighted by molar-refractivity contribution is 5.91. The quantitative estimate of drug-likeness (QED) is 0.812. The van der Waals surface area contributed by atoms with E-state index in [4.69, 9.17) is 9.47 Å². The summed E-state index contributed by atoms with van der Waals surface area (Å²) in [5, 5.41) is 5.75. The topological polar surface area (TPSA) is 59.6 Å². The summed E-state index contributed by atoms with van der Waals surface area (Å²) in [4.78, 5) is 12.1. The van der Waals surface area contributed by atoms with Crippen LogP contribution in [0.5, 0.6) is 11.5 Å². The van der Waals surface area contributed by atoms with Gasteiger partial charge >= 0.3 is 6.03 Å². The fourth-order valence-electron chi connectivity index (χ4n) is 2.38. The van der Waals surface area contributed by atoms with E-state index in [0.717, 1.165) is 12.8 Å². The van der Waals surface area contributed by atoms with Gasteiger partial charge in [-0.05, 0) is 37.5 Å². The van der Waals surface area contributed by atoms with Crippen molar-refractivity contribution < 1.29 is 14.3 Å². The molecule has 2 aromatic rings. The van der Waals surface area contributed by atoms with Crippen LogP contribution in [0.1, 0.15) is 18.9 Å². The zero-order valence-corrected chi connectivity index (χ0v) is 14.3. The van der Waals surface area contributed by atoms with E-state index in [1.165, 1.54) is 5.56 Å². The largest absolute Gasteiger partial charge is 0.497 e. The molecule has 0 aromatic heterocycles. The Morgan fingerprint density at radius 2 is 1.83 bits per heavy atom. The molecule has 2 amide bonds. The molecule has 2 rings (SSSR count). The van der Waals surface area contributed by atoms with Crippen LogP contribution in [0, 0.1) is 0 Å². The monoisotopic (exact) mass is 328 g/mol. The minimum Gasteiger partial charge on any atom is -0.497 e. The molecule has 24 heavy (non-hydrogen) atoms. The predicted molar refractivity (Wildman–Crippen MR) is 95.9 cm³/mol. The van der Waals surface area contributed by atoms with Crippen LogP contribution in [-0.4, -0.2) is 26.3 Å². The van der Waals surface area contributed by atoms with Crippen LogP contribution in [0.2, 0.25) is 0 Å². The second-order valence-electron chi connectivity index (χ2n) is 5.59. The number of ether oxygens (including phenoxy) is 2. The van der Waals surface area contributed by atoms with Crippen LogP contribution < -0.4 is 20.1 Å². The van der Waals surface area contributed by atoms with Crippen molar-refractivity contribution in [2.45, 2.75) is 25.8 Å². The lowest BCUT2D eigenvalue weighted by molar-refractivity contribution is 0.248. The Balaban J connectivity index is 1.86. The number of anilines is 1. The van der Waals surface area contributed by atoms with Crippen LogP contribution in [-0.2, 0) is 6.42 Å². The van der Waals surface area contributed by atoms with Crippen LogP contribution in [0.25, 0.3) is 0 Å². The fraction of sp³-hybridized carbons (Fsp3) is 0.316. The number of carbonyl (C=O) groups excluding carboxylic acids is 1. The molecule has 0 radical (unpaired) electrons. The van der Waals surface area contributed by atoms with Gasteiger partial charge in [-0.2, -0.15) is 0 Å². The average Bonchev–Trinajstić information content (AvgIpc) is 2.61. The highest BCUT2D eigenvalue weighted by Gasteiger charge is 2.11. The summed E-state index contributed by atoms with van der Waals surface area (Å²) in [5.41, 5.74) is 1.87. The molecule has 0 bridgehead atoms. The Hall–Kier alpha value is -2.69. The zero-order chi connectivity index (χ0) is 17.4. The van der Waals surface area contributed by atoms with Gasteiger partial charge in [0.05, 0.1) is 19.9 Å². The van der Waals surface area contributed by atoms with Crippen molar-refractivity contribution in [1.82, 2.24) is 5.32 Å². The lowest BCUT2D eigenvalue weighted by atomic mass is 10.1. The van der Waals surface area contributed by atoms with Crippen LogP contribution in [0.4, 0.5) is 10.5 Å². The average molecular weight is 328 g/mol. The summed E-state index contributed by atoms with van der Waals surface area (Å²) < 4.78 is 10.4. The molecule has 5 nitrogen and oxygen atoms in total. The van der Waals surface area contributed by atoms with Crippen LogP contribution in [0.3, 0.4) is 0 Å². The molecule has 0 unspecified atom stereocenters. The Kier molecular flexibility index (Phi) is 6.49. The van der Waals surface area contributed by atoms with E-state index in [2.05, 4.69) is 22.8 Å². The maximum atomic E-state index is 12.1. The number of nitrogens with one attached hydrogen (secondary N) is 2. The Morgan fingerprint density at radius 3 is 2.50 bits per heavy atom. The minimum absolute atomic E-state index is 0.0643. The summed E-state index contributed by atoms with van der Waals surface area (Å²) in [7, 11) is 3.14. The first kappa shape index (κ1) is 17.7. The maximum absolute atomic E-state index is 12.1. The molecular formula is C19H24N2O3. The van der Waals surface area contributed by atoms with Crippen LogP contribution >= 0.6 is 0 Å². The number of benzene rings is 2. The molecule has 0 heterocycles. The van der Waals surface area contributed by atoms with Gasteiger partial charge in [0.15, 0.2) is 0 Å². The number of hydrogen-bond acceptors (Lipinski definition) is 3. The number of aryl methyl sites for hydroxylation is 1. The fourth-order valence-corrected chi connectivity index (χ4v) is 2.38. The predicted octanol–water partition coefficient (Wildman–Crippen LogP) is 3.85. The Labute approximate surface area is 143 Å². The van der Waals surface area contributed by atoms with Gasteiger partial charge in [-0.1, -0.05) is 30.3 Å². The van der Waals surface area contributed by atoms with Gasteiger partial charge in [0.1, 0.15) is 11.5 Å². The van der Waals surface area contributed by atoms with Crippen molar-refractivity contribution in [3.05, 3.63) is 54.1 Å². The third-order valence-corrected chi connectivity index (χ3v) is 3.74. The third kappa shape index (κ3) is 5.19. The van der Waals surface area contributed by atoms with E-state index in [1.54, 1.807) is 32.4 Å². The standard InChI is InChI=1S/C19H24N2O3/c1-14(9-10-15-7-5-4-6-8-15)20-19(22)21-17-12-11-16(23-2)13-18(17)24-3/h4-8,11-14H,9-10H2,1-3H3,(H2,20,21,22)/t14-/m0/s1. The minimum atomic E-state index is -0.251. The van der Waals surface area contributed by atoms with Crippen molar-refractivity contribution in [3.8, 4) is 11.5 Å². The molecule has 0 aliphatic heterocycles. The molecule has 0 spiro atoms. The number of urea groups is 1. The van der Waals surface area contributed by atoms with Gasteiger partial charge < -0.3 is 20.1 Å². The van der Waals surface area contributed by atoms with Gasteiger partial charge in [0, 0.05) is 12.1 Å². The first-order valence-corrected chi connectivity index (χ1v) is 7.96. The summed E-state index contributed by atoms with van der Waals surface area (Å²) in [6, 6.07) is 15.3. The zero-order valence-electron chi connectivity index (χ0n) is 14.3. The van der Waals surface area contributed by atoms with Crippen molar-refractivity contribution in [2.75, 3.05) is 19.5 Å². The van der Waals surface area contributed by atoms with E-state index in [-0.39, 0.29) is 12.1 Å². The van der Waals surface area contributed by atoms with Gasteiger partial charge in [-0.3, -0.25) is 0 Å². The molecule has 2 aromatic carbocycles. The van der Waals surface area contributed by atoms with E-state index in [0.29, 0.717) is 17.2 Å². The summed E-state index contributed by atoms with van der Waals surface area (Å²) in [5.74, 6) is 1.23. The number of amides is 2. The first-order valence-electron chi connectivity index (χ1n) is 7.96. The van der Waals surface area contributed by atoms with E-state index < -0.39 is 0 Å². The van der Waals surface area contributed by atoms with Crippen molar-refractivity contribution in [1.29, 1.82) is 0 Å². The third-order valence-electron chi connectivity index (χ3n) is 3.74. The molecule has 0 aliphatic rings. The van der Waals surface area contributed by atoms with Crippen molar-refractivity contribution in [3.63, 3.8) is 0 Å². The van der Waals surface area contributed by atoms with E-state index >= 15 is 0 Å². The van der Waals surface area contributed by atoms with E-state index in [9.17, 15) is 4.79 Å². The number of methoxy groups -OCH3 is 2. The maximum Gasteiger partial charge on any atom is 0.319 e. The second kappa shape index (κ2) is 8.82. The Bertz CT molecular complexity index is 659. The highest BCUT2D eigenvalue weighted by atomic mass is 16.5. The summed E-state index contributed by atoms with van der Waals surface area (Å²) >= 11 is 0. The first-order chi connectivity index (χ1) is 11.6. The smallest absolute Gasteiger partial charge is 0.319 e.